The highest BCUT2D eigenvalue weighted by Gasteiger charge is 2.42. The van der Waals surface area contributed by atoms with Crippen LogP contribution < -0.4 is 5.30 Å². The molecule has 0 saturated carbocycles. The van der Waals surface area contributed by atoms with Gasteiger partial charge in [0, 0.05) is 21.6 Å². The summed E-state index contributed by atoms with van der Waals surface area (Å²) < 4.78 is 19.7. The van der Waals surface area contributed by atoms with E-state index < -0.39 is 12.5 Å². The molecular weight excluding hydrogens is 319 g/mol. The van der Waals surface area contributed by atoms with E-state index in [0.717, 1.165) is 0 Å². The Balaban J connectivity index is 2.63. The molecule has 0 aliphatic carbocycles. The SMILES string of the molecule is CC(C)OP(=O)(c1ccccc1C(=O)c1ccccc1)C(C)(C)C. The molecule has 4 heteroatoms. The number of hydrogen-bond acceptors (Lipinski definition) is 3. The summed E-state index contributed by atoms with van der Waals surface area (Å²) in [7, 11) is -3.24. The molecule has 128 valence electrons. The summed E-state index contributed by atoms with van der Waals surface area (Å²) in [6.07, 6.45) is -0.199. The largest absolute Gasteiger partial charge is 0.322 e. The van der Waals surface area contributed by atoms with Gasteiger partial charge in [0.15, 0.2) is 5.78 Å². The summed E-state index contributed by atoms with van der Waals surface area (Å²) in [5.74, 6) is -0.136. The summed E-state index contributed by atoms with van der Waals surface area (Å²) in [6.45, 7) is 9.39. The van der Waals surface area contributed by atoms with Gasteiger partial charge in [-0.25, -0.2) is 0 Å². The Morgan fingerprint density at radius 3 is 2.04 bits per heavy atom. The van der Waals surface area contributed by atoms with Gasteiger partial charge in [0.25, 0.3) is 0 Å². The molecule has 0 radical (unpaired) electrons. The van der Waals surface area contributed by atoms with E-state index in [2.05, 4.69) is 0 Å². The third-order valence-corrected chi connectivity index (χ3v) is 7.25. The third-order valence-electron chi connectivity index (χ3n) is 3.74. The molecule has 24 heavy (non-hydrogen) atoms. The van der Waals surface area contributed by atoms with Gasteiger partial charge in [0.1, 0.15) is 0 Å². The molecule has 0 bridgehead atoms. The van der Waals surface area contributed by atoms with Crippen molar-refractivity contribution in [3.8, 4) is 0 Å². The van der Waals surface area contributed by atoms with Crippen LogP contribution in [0.25, 0.3) is 0 Å². The van der Waals surface area contributed by atoms with Crippen LogP contribution in [0.15, 0.2) is 54.6 Å². The second-order valence-electron chi connectivity index (χ2n) is 7.09. The van der Waals surface area contributed by atoms with Gasteiger partial charge in [-0.1, -0.05) is 69.3 Å². The lowest BCUT2D eigenvalue weighted by molar-refractivity contribution is 0.103. The predicted octanol–water partition coefficient (Wildman–Crippen LogP) is 5.04. The Morgan fingerprint density at radius 1 is 0.958 bits per heavy atom. The van der Waals surface area contributed by atoms with Crippen molar-refractivity contribution in [2.24, 2.45) is 0 Å². The number of hydrogen-bond donors (Lipinski definition) is 0. The Bertz CT molecular complexity index is 758. The van der Waals surface area contributed by atoms with Crippen LogP contribution in [-0.4, -0.2) is 17.0 Å². The van der Waals surface area contributed by atoms with Crippen LogP contribution in [0.4, 0.5) is 0 Å². The number of benzene rings is 2. The lowest BCUT2D eigenvalue weighted by Gasteiger charge is -2.33. The van der Waals surface area contributed by atoms with E-state index in [1.54, 1.807) is 36.4 Å². The average Bonchev–Trinajstić information content (AvgIpc) is 2.53. The fourth-order valence-electron chi connectivity index (χ4n) is 2.54. The molecule has 0 amide bonds. The van der Waals surface area contributed by atoms with Crippen molar-refractivity contribution in [3.63, 3.8) is 0 Å². The molecule has 2 aromatic carbocycles. The number of rotatable bonds is 5. The maximum Gasteiger partial charge on any atom is 0.238 e. The van der Waals surface area contributed by atoms with E-state index in [1.807, 2.05) is 52.8 Å². The van der Waals surface area contributed by atoms with E-state index in [9.17, 15) is 9.36 Å². The number of carbonyl (C=O) groups excluding carboxylic acids is 1. The Labute approximate surface area is 144 Å². The maximum atomic E-state index is 13.8. The highest BCUT2D eigenvalue weighted by atomic mass is 31.2. The molecule has 0 aromatic heterocycles. The molecule has 0 N–H and O–H groups in total. The van der Waals surface area contributed by atoms with Crippen LogP contribution in [0.5, 0.6) is 0 Å². The Morgan fingerprint density at radius 2 is 1.50 bits per heavy atom. The quantitative estimate of drug-likeness (QED) is 0.563. The summed E-state index contributed by atoms with van der Waals surface area (Å²) in [5, 5.41) is -0.107. The van der Waals surface area contributed by atoms with Gasteiger partial charge >= 0.3 is 0 Å². The van der Waals surface area contributed by atoms with Gasteiger partial charge in [-0.05, 0) is 19.9 Å². The first-order valence-corrected chi connectivity index (χ1v) is 9.77. The van der Waals surface area contributed by atoms with E-state index >= 15 is 0 Å². The van der Waals surface area contributed by atoms with Gasteiger partial charge in [-0.15, -0.1) is 0 Å². The van der Waals surface area contributed by atoms with E-state index in [1.165, 1.54) is 0 Å². The predicted molar refractivity (Wildman–Crippen MR) is 99.5 cm³/mol. The van der Waals surface area contributed by atoms with Crippen LogP contribution in [0.2, 0.25) is 0 Å². The fourth-order valence-corrected chi connectivity index (χ4v) is 5.06. The molecule has 0 spiro atoms. The molecule has 0 fully saturated rings. The first-order valence-electron chi connectivity index (χ1n) is 8.14. The number of ketones is 1. The first kappa shape index (κ1) is 18.6. The smallest absolute Gasteiger partial charge is 0.238 e. The summed E-state index contributed by atoms with van der Waals surface area (Å²) in [5.41, 5.74) is 1.03. The minimum absolute atomic E-state index is 0.136. The zero-order valence-corrected chi connectivity index (χ0v) is 15.8. The van der Waals surface area contributed by atoms with Gasteiger partial charge in [-0.3, -0.25) is 9.36 Å². The normalized spacial score (nSPS) is 14.4. The van der Waals surface area contributed by atoms with Crippen molar-refractivity contribution >= 4 is 18.5 Å². The molecule has 2 rings (SSSR count). The first-order chi connectivity index (χ1) is 11.2. The molecule has 1 atom stereocenters. The van der Waals surface area contributed by atoms with Crippen LogP contribution >= 0.6 is 7.37 Å². The van der Waals surface area contributed by atoms with Crippen molar-refractivity contribution in [1.29, 1.82) is 0 Å². The highest BCUT2D eigenvalue weighted by molar-refractivity contribution is 7.68. The summed E-state index contributed by atoms with van der Waals surface area (Å²) in [6, 6.07) is 16.1. The molecule has 3 nitrogen and oxygen atoms in total. The van der Waals surface area contributed by atoms with Gasteiger partial charge in [0.2, 0.25) is 7.37 Å². The van der Waals surface area contributed by atoms with Crippen LogP contribution in [0.1, 0.15) is 50.5 Å². The van der Waals surface area contributed by atoms with Crippen molar-refractivity contribution < 1.29 is 13.9 Å². The number of carbonyl (C=O) groups is 1. The lowest BCUT2D eigenvalue weighted by atomic mass is 10.0. The molecule has 0 heterocycles. The molecule has 2 aromatic rings. The van der Waals surface area contributed by atoms with E-state index in [-0.39, 0.29) is 11.9 Å². The molecule has 1 unspecified atom stereocenters. The minimum atomic E-state index is -3.24. The van der Waals surface area contributed by atoms with Crippen molar-refractivity contribution in [2.75, 3.05) is 0 Å². The second kappa shape index (κ2) is 7.04. The highest BCUT2D eigenvalue weighted by Crippen LogP contribution is 2.59. The van der Waals surface area contributed by atoms with E-state index in [4.69, 9.17) is 4.52 Å². The molecular formula is C20H25O3P. The second-order valence-corrected chi connectivity index (χ2v) is 10.2. The monoisotopic (exact) mass is 344 g/mol. The Kier molecular flexibility index (Phi) is 5.47. The topological polar surface area (TPSA) is 43.4 Å². The summed E-state index contributed by atoms with van der Waals surface area (Å²) >= 11 is 0. The minimum Gasteiger partial charge on any atom is -0.322 e. The fraction of sp³-hybridized carbons (Fsp3) is 0.350. The standard InChI is InChI=1S/C20H25O3P/c1-15(2)23-24(22,20(3,4)5)18-14-10-9-13-17(18)19(21)16-11-7-6-8-12-16/h6-15H,1-5H3. The van der Waals surface area contributed by atoms with Crippen molar-refractivity contribution in [1.82, 2.24) is 0 Å². The lowest BCUT2D eigenvalue weighted by Crippen LogP contribution is -2.30. The van der Waals surface area contributed by atoms with Crippen LogP contribution in [-0.2, 0) is 9.09 Å². The molecule has 0 aliphatic heterocycles. The van der Waals surface area contributed by atoms with Gasteiger partial charge in [-0.2, -0.15) is 0 Å². The average molecular weight is 344 g/mol. The van der Waals surface area contributed by atoms with Gasteiger partial charge < -0.3 is 4.52 Å². The zero-order chi connectivity index (χ0) is 18.0. The van der Waals surface area contributed by atoms with Crippen molar-refractivity contribution in [3.05, 3.63) is 65.7 Å². The van der Waals surface area contributed by atoms with Crippen LogP contribution in [0.3, 0.4) is 0 Å². The van der Waals surface area contributed by atoms with Crippen LogP contribution in [0, 0.1) is 0 Å². The van der Waals surface area contributed by atoms with Crippen molar-refractivity contribution in [2.45, 2.75) is 45.9 Å². The van der Waals surface area contributed by atoms with Gasteiger partial charge in [0.05, 0.1) is 6.10 Å². The third kappa shape index (κ3) is 3.68. The molecule has 0 saturated heterocycles. The van der Waals surface area contributed by atoms with E-state index in [0.29, 0.717) is 16.4 Å². The zero-order valence-electron chi connectivity index (χ0n) is 14.9. The Hall–Kier alpha value is -1.70. The summed E-state index contributed by atoms with van der Waals surface area (Å²) in [4.78, 5) is 12.9. The maximum absolute atomic E-state index is 13.8. The molecule has 0 aliphatic rings.